The van der Waals surface area contributed by atoms with Crippen molar-refractivity contribution in [2.45, 2.75) is 20.0 Å². The summed E-state index contributed by atoms with van der Waals surface area (Å²) in [4.78, 5) is 61.4. The first-order chi connectivity index (χ1) is 42.5. The van der Waals surface area contributed by atoms with Crippen LogP contribution in [0.25, 0.3) is 56.1 Å². The van der Waals surface area contributed by atoms with Crippen LogP contribution < -0.4 is 40.9 Å². The second kappa shape index (κ2) is 27.2. The molecule has 2 saturated heterocycles. The Kier molecular flexibility index (Phi) is 20.1. The molecule has 0 spiro atoms. The van der Waals surface area contributed by atoms with Crippen molar-refractivity contribution in [3.05, 3.63) is 112 Å². The van der Waals surface area contributed by atoms with Crippen molar-refractivity contribution < 1.29 is 58.8 Å². The number of hydrogen-bond donors (Lipinski definition) is 6. The first kappa shape index (κ1) is 66.6. The number of imidazole rings is 2. The first-order valence-electron chi connectivity index (χ1n) is 26.6. The van der Waals surface area contributed by atoms with Gasteiger partial charge in [-0.05, 0) is 36.4 Å². The van der Waals surface area contributed by atoms with E-state index < -0.39 is 13.8 Å². The van der Waals surface area contributed by atoms with Crippen LogP contribution in [-0.4, -0.2) is 182 Å². The molecular formula is C52H58Cl3F6N22O6P. The summed E-state index contributed by atoms with van der Waals surface area (Å²) in [5, 5.41) is 39.2. The van der Waals surface area contributed by atoms with Gasteiger partial charge in [-0.1, -0.05) is 39.5 Å². The molecule has 0 bridgehead atoms. The van der Waals surface area contributed by atoms with Gasteiger partial charge in [0.05, 0.1) is 49.1 Å². The van der Waals surface area contributed by atoms with Gasteiger partial charge in [-0.25, -0.2) is 39.3 Å². The molecule has 38 heteroatoms. The molecule has 480 valence electrons. The van der Waals surface area contributed by atoms with Crippen LogP contribution in [0.1, 0.15) is 6.92 Å². The largest absolute Gasteiger partial charge is 0.480 e. The van der Waals surface area contributed by atoms with Crippen LogP contribution in [0.5, 0.6) is 11.5 Å². The van der Waals surface area contributed by atoms with E-state index in [1.54, 1.807) is 66.6 Å². The first-order valence-corrected chi connectivity index (χ1v) is 29.8. The Morgan fingerprint density at radius 2 is 1.18 bits per heavy atom. The number of aromatic nitrogens is 15. The van der Waals surface area contributed by atoms with E-state index in [4.69, 9.17) is 60.9 Å². The van der Waals surface area contributed by atoms with Crippen LogP contribution in [0.4, 0.5) is 48.2 Å². The van der Waals surface area contributed by atoms with Gasteiger partial charge in [0.1, 0.15) is 65.5 Å². The zero-order valence-electron chi connectivity index (χ0n) is 48.3. The number of carboxylic acids is 1. The van der Waals surface area contributed by atoms with Gasteiger partial charge in [-0.15, -0.1) is 4.85 Å². The van der Waals surface area contributed by atoms with E-state index in [0.717, 1.165) is 49.0 Å². The number of H-pyrrole nitrogens is 2. The minimum Gasteiger partial charge on any atom is -0.480 e. The molecule has 9 heterocycles. The smallest absolute Gasteiger partial charge is 0.325 e. The van der Waals surface area contributed by atoms with Crippen molar-refractivity contribution in [3.63, 3.8) is 0 Å². The fraction of sp³-hybridized carbons (Fsp3) is 0.288. The van der Waals surface area contributed by atoms with E-state index >= 15 is 0 Å². The Bertz CT molecular complexity index is 4190. The molecule has 0 radical (unpaired) electrons. The van der Waals surface area contributed by atoms with E-state index in [0.29, 0.717) is 102 Å². The molecule has 28 nitrogen and oxygen atoms in total. The average molecular weight is 1340 g/mol. The zero-order valence-corrected chi connectivity index (χ0v) is 51.5. The summed E-state index contributed by atoms with van der Waals surface area (Å²) in [5.74, 6) is 2.71. The molecule has 3 aromatic carbocycles. The van der Waals surface area contributed by atoms with Crippen LogP contribution in [-0.2, 0) is 22.7 Å². The molecule has 0 aliphatic carbocycles. The van der Waals surface area contributed by atoms with Crippen LogP contribution in [0.15, 0.2) is 92.0 Å². The number of rotatable bonds is 10. The normalized spacial score (nSPS) is 14.0. The predicted octanol–water partition coefficient (Wildman–Crippen LogP) is 7.69. The number of ether oxygens (including phenoxy) is 2. The summed E-state index contributed by atoms with van der Waals surface area (Å²) in [7, 11) is -3.63. The Balaban J connectivity index is 0.000000157. The summed E-state index contributed by atoms with van der Waals surface area (Å²) in [6, 6.07) is 16.7. The summed E-state index contributed by atoms with van der Waals surface area (Å²) >= 11 is 18.0. The summed E-state index contributed by atoms with van der Waals surface area (Å²) in [6.45, 7) is 8.32. The SMILES string of the molecule is CC(n1n[n+]([O-])c2cc(Cl)ccc21)=[N+](C)C.COc1cc(N2CCN(C(=O)Cn3nc(-c4ncc[nH]4)c4c(N)ncnc43)CC2)ccc1Cl.COc1cc(N2CCNCC2)ccc1Cl.F[P-](F)(F)(F)(F)F.Nc1ncnc2c1c(-c1ncc[nH]1)nn2CC(=O)O. The molecule has 8 N–H and O–H groups in total. The van der Waals surface area contributed by atoms with Crippen LogP contribution in [0, 0.1) is 5.21 Å². The third-order valence-electron chi connectivity index (χ3n) is 13.4. The van der Waals surface area contributed by atoms with Gasteiger partial charge in [-0.3, -0.25) is 14.2 Å². The number of benzene rings is 3. The van der Waals surface area contributed by atoms with Gasteiger partial charge in [-0.2, -0.15) is 10.2 Å². The molecule has 2 aliphatic heterocycles. The van der Waals surface area contributed by atoms with Crippen molar-refractivity contribution in [2.75, 3.05) is 102 Å². The van der Waals surface area contributed by atoms with E-state index in [1.807, 2.05) is 66.9 Å². The second-order valence-electron chi connectivity index (χ2n) is 19.6. The number of hydrogen-bond acceptors (Lipinski definition) is 19. The number of nitrogens with zero attached hydrogens (tertiary/aromatic N) is 17. The number of nitrogens with one attached hydrogen (secondary N) is 3. The maximum Gasteiger partial charge on any atom is 0.325 e. The van der Waals surface area contributed by atoms with Crippen molar-refractivity contribution in [3.8, 4) is 34.5 Å². The molecule has 12 rings (SSSR count). The molecule has 1 amide bonds. The third-order valence-corrected chi connectivity index (χ3v) is 14.2. The van der Waals surface area contributed by atoms with Gasteiger partial charge in [0.15, 0.2) is 22.9 Å². The number of fused-ring (bicyclic) bond motifs is 3. The quantitative estimate of drug-likeness (QED) is 0.0191. The number of methoxy groups -OCH3 is 2. The van der Waals surface area contributed by atoms with E-state index in [-0.39, 0.29) is 30.6 Å². The van der Waals surface area contributed by atoms with E-state index in [2.05, 4.69) is 70.4 Å². The Hall–Kier alpha value is -9.37. The minimum atomic E-state index is -10.7. The predicted molar refractivity (Wildman–Crippen MR) is 328 cm³/mol. The van der Waals surface area contributed by atoms with Gasteiger partial charge in [0.2, 0.25) is 16.9 Å². The molecule has 2 aliphatic rings. The average Bonchev–Trinajstić information content (AvgIpc) is 1.64. The number of nitrogens with two attached hydrogens (primary N) is 2. The topological polar surface area (TPSA) is 339 Å². The van der Waals surface area contributed by atoms with Gasteiger partial charge in [0, 0.05) is 119 Å². The molecule has 7 aromatic heterocycles. The Morgan fingerprint density at radius 3 is 1.62 bits per heavy atom. The molecule has 90 heavy (non-hydrogen) atoms. The maximum atomic E-state index is 13.1. The number of nitrogen functional groups attached to an aromatic ring is 2. The van der Waals surface area contributed by atoms with Gasteiger partial charge < -0.3 is 61.2 Å². The van der Waals surface area contributed by atoms with Crippen LogP contribution >= 0.6 is 42.6 Å². The summed E-state index contributed by atoms with van der Waals surface area (Å²) in [6.07, 6.45) is 9.16. The molecule has 10 aromatic rings. The number of amides is 1. The third kappa shape index (κ3) is 17.3. The number of carboxylic acid groups (broad SMARTS) is 1. The van der Waals surface area contributed by atoms with Crippen molar-refractivity contribution >= 4 is 116 Å². The molecule has 0 saturated carbocycles. The molecule has 0 atom stereocenters. The second-order valence-corrected chi connectivity index (χ2v) is 22.8. The number of anilines is 4. The molecular weight excluding hydrogens is 1280 g/mol. The van der Waals surface area contributed by atoms with Crippen molar-refractivity contribution in [2.24, 2.45) is 0 Å². The van der Waals surface area contributed by atoms with E-state index in [9.17, 15) is 40.0 Å². The molecule has 0 unspecified atom stereocenters. The van der Waals surface area contributed by atoms with Crippen molar-refractivity contribution in [1.29, 1.82) is 0 Å². The monoisotopic (exact) mass is 1340 g/mol. The number of aliphatic carboxylic acids is 1. The van der Waals surface area contributed by atoms with E-state index in [1.165, 1.54) is 23.0 Å². The minimum absolute atomic E-state index is 0.0441. The van der Waals surface area contributed by atoms with Crippen molar-refractivity contribution in [1.82, 2.24) is 79.5 Å². The summed E-state index contributed by atoms with van der Waals surface area (Å²) < 4.78 is 76.0. The van der Waals surface area contributed by atoms with Gasteiger partial charge in [0.25, 0.3) is 5.84 Å². The fourth-order valence-corrected chi connectivity index (χ4v) is 9.58. The fourth-order valence-electron chi connectivity index (χ4n) is 9.02. The number of carbonyl (C=O) groups is 2. The molecule has 2 fully saturated rings. The summed E-state index contributed by atoms with van der Waals surface area (Å²) in [5.41, 5.74) is 17.1. The number of carbonyl (C=O) groups excluding carboxylic acids is 1. The van der Waals surface area contributed by atoms with Crippen LogP contribution in [0.2, 0.25) is 15.1 Å². The van der Waals surface area contributed by atoms with Crippen LogP contribution in [0.3, 0.4) is 0 Å². The number of piperazine rings is 2. The number of aromatic amines is 2. The Labute approximate surface area is 521 Å². The van der Waals surface area contributed by atoms with Gasteiger partial charge >= 0.3 is 39.0 Å². The zero-order chi connectivity index (χ0) is 65.3. The Morgan fingerprint density at radius 1 is 0.700 bits per heavy atom. The standard InChI is InChI=1S/C21H22ClN9O2.C11H15ClN2O.C10H12ClN4O.C10H9N7O2.F6P/c1-33-15-10-13(2-3-14(15)22)29-6-8-30(9-7-29)16(32)11-31-21-17(19(23)26-12-27-21)18(28-31)20-24-4-5-25-20;1-15-11-8-9(2-3-10(11)12)14-6-4-13-5-7-14;1-7(13(2)3)14-9-5-4-8(11)6-10(9)15(16)12-14;11-8-6-7(9-12-1-2-13-9)16-17(3-5(18)19)10(6)15-4-14-8;1-7(2,3,4,5)6/h2-5,10,12H,6-9,11H2,1H3,(H,24,25)(H2,23,26,27);2-3,8,13H,4-7H2,1H3;4-6H,1-3H3;1-2,4H,3H2,(H,12,13)(H,18,19)(H2,11,14,15);/q;;+1;;-1. The number of halogens is 9. The maximum absolute atomic E-state index is 13.1.